The van der Waals surface area contributed by atoms with E-state index in [1.54, 1.807) is 13.0 Å². The summed E-state index contributed by atoms with van der Waals surface area (Å²) in [5.41, 5.74) is 2.97. The highest BCUT2D eigenvalue weighted by molar-refractivity contribution is 6.10. The molecule has 1 rings (SSSR count). The minimum Gasteiger partial charge on any atom is -0.411 e. The molecule has 0 amide bonds. The molecule has 0 spiro atoms. The van der Waals surface area contributed by atoms with Gasteiger partial charge in [0.05, 0.1) is 5.71 Å². The first-order valence-electron chi connectivity index (χ1n) is 7.38. The molecule has 1 N–H and O–H groups in total. The number of rotatable bonds is 8. The zero-order valence-corrected chi connectivity index (χ0v) is 13.9. The summed E-state index contributed by atoms with van der Waals surface area (Å²) in [7, 11) is 0. The van der Waals surface area contributed by atoms with Gasteiger partial charge in [0.15, 0.2) is 6.17 Å². The molecule has 7 nitrogen and oxygen atoms in total. The van der Waals surface area contributed by atoms with Gasteiger partial charge >= 0.3 is 0 Å². The third-order valence-corrected chi connectivity index (χ3v) is 3.94. The second kappa shape index (κ2) is 8.26. The molecule has 0 radical (unpaired) electrons. The molecule has 23 heavy (non-hydrogen) atoms. The van der Waals surface area contributed by atoms with Crippen LogP contribution < -0.4 is 0 Å². The molecule has 0 saturated heterocycles. The predicted octanol–water partition coefficient (Wildman–Crippen LogP) is 3.85. The molecule has 0 aromatic carbocycles. The van der Waals surface area contributed by atoms with Gasteiger partial charge in [0.1, 0.15) is 6.54 Å². The molecule has 0 aromatic heterocycles. The van der Waals surface area contributed by atoms with Crippen LogP contribution in [0.5, 0.6) is 0 Å². The molecule has 0 unspecified atom stereocenters. The van der Waals surface area contributed by atoms with Crippen LogP contribution in [0.2, 0.25) is 0 Å². The Morgan fingerprint density at radius 2 is 1.96 bits per heavy atom. The van der Waals surface area contributed by atoms with Crippen molar-refractivity contribution in [2.75, 3.05) is 6.54 Å². The van der Waals surface area contributed by atoms with Gasteiger partial charge in [-0.1, -0.05) is 37.7 Å². The lowest BCUT2D eigenvalue weighted by molar-refractivity contribution is 0.313. The van der Waals surface area contributed by atoms with Crippen LogP contribution in [0, 0.1) is 21.6 Å². The normalized spacial score (nSPS) is 18.6. The molecular weight excluding hydrogens is 296 g/mol. The Balaban J connectivity index is 3.20. The average Bonchev–Trinajstić information content (AvgIpc) is 2.82. The van der Waals surface area contributed by atoms with Crippen molar-refractivity contribution < 1.29 is 5.21 Å². The Morgan fingerprint density at radius 1 is 1.30 bits per heavy atom. The van der Waals surface area contributed by atoms with Gasteiger partial charge in [0.2, 0.25) is 0 Å². The van der Waals surface area contributed by atoms with Gasteiger partial charge in [-0.25, -0.2) is 0 Å². The maximum atomic E-state index is 10.7. The summed E-state index contributed by atoms with van der Waals surface area (Å²) in [5.74, 6) is 0.263. The van der Waals surface area contributed by atoms with Gasteiger partial charge in [-0.15, -0.1) is 4.91 Å². The first-order valence-corrected chi connectivity index (χ1v) is 7.38. The standard InChI is InChI=1S/C16H22N4O3/c1-9(2)10(3)16(20-23)14-6-13(7-18-21)15(11(14)4)8-17-12(5)19-22/h6,8-10,12,23H,4,7H2,1-3,5H3/t10-,12+/m0/s1. The quantitative estimate of drug-likeness (QED) is 0.318. The van der Waals surface area contributed by atoms with E-state index in [-0.39, 0.29) is 18.4 Å². The van der Waals surface area contributed by atoms with Crippen LogP contribution in [0.1, 0.15) is 27.7 Å². The maximum absolute atomic E-state index is 10.7. The van der Waals surface area contributed by atoms with Crippen molar-refractivity contribution in [2.24, 2.45) is 32.3 Å². The van der Waals surface area contributed by atoms with E-state index >= 15 is 0 Å². The number of hydrogen-bond donors (Lipinski definition) is 1. The minimum atomic E-state index is -0.731. The van der Waals surface area contributed by atoms with Crippen molar-refractivity contribution >= 4 is 11.9 Å². The molecule has 0 fully saturated rings. The average molecular weight is 318 g/mol. The van der Waals surface area contributed by atoms with E-state index in [1.807, 2.05) is 20.8 Å². The molecule has 2 atom stereocenters. The molecule has 0 heterocycles. The zero-order valence-electron chi connectivity index (χ0n) is 13.9. The summed E-state index contributed by atoms with van der Waals surface area (Å²) < 4.78 is 0. The number of aliphatic imine (C=N–C) groups is 1. The molecule has 0 saturated carbocycles. The number of oxime groups is 1. The highest BCUT2D eigenvalue weighted by Crippen LogP contribution is 2.33. The van der Waals surface area contributed by atoms with Crippen molar-refractivity contribution in [2.45, 2.75) is 33.9 Å². The highest BCUT2D eigenvalue weighted by atomic mass is 16.4. The van der Waals surface area contributed by atoms with Crippen LogP contribution >= 0.6 is 0 Å². The van der Waals surface area contributed by atoms with Gasteiger partial charge in [0, 0.05) is 23.3 Å². The van der Waals surface area contributed by atoms with Crippen molar-refractivity contribution in [3.05, 3.63) is 44.8 Å². The van der Waals surface area contributed by atoms with Crippen molar-refractivity contribution in [1.29, 1.82) is 0 Å². The van der Waals surface area contributed by atoms with Crippen molar-refractivity contribution in [3.8, 4) is 0 Å². The van der Waals surface area contributed by atoms with Gasteiger partial charge in [-0.2, -0.15) is 4.91 Å². The Morgan fingerprint density at radius 3 is 2.43 bits per heavy atom. The minimum absolute atomic E-state index is 0.000273. The first-order chi connectivity index (χ1) is 10.9. The van der Waals surface area contributed by atoms with E-state index in [0.717, 1.165) is 0 Å². The third kappa shape index (κ3) is 4.28. The van der Waals surface area contributed by atoms with Crippen LogP contribution in [-0.4, -0.2) is 29.8 Å². The van der Waals surface area contributed by atoms with Gasteiger partial charge < -0.3 is 5.21 Å². The maximum Gasteiger partial charge on any atom is 0.178 e. The molecule has 124 valence electrons. The highest BCUT2D eigenvalue weighted by Gasteiger charge is 2.27. The Labute approximate surface area is 135 Å². The van der Waals surface area contributed by atoms with E-state index < -0.39 is 6.17 Å². The van der Waals surface area contributed by atoms with Crippen LogP contribution in [0.4, 0.5) is 0 Å². The lowest BCUT2D eigenvalue weighted by atomic mass is 9.86. The number of allylic oxidation sites excluding steroid dienone is 3. The number of hydrogen-bond acceptors (Lipinski definition) is 7. The van der Waals surface area contributed by atoms with Crippen LogP contribution in [-0.2, 0) is 0 Å². The summed E-state index contributed by atoms with van der Waals surface area (Å²) in [6.07, 6.45) is 2.47. The second-order valence-electron chi connectivity index (χ2n) is 5.80. The van der Waals surface area contributed by atoms with Gasteiger partial charge in [-0.05, 0) is 35.2 Å². The predicted molar refractivity (Wildman–Crippen MR) is 91.9 cm³/mol. The van der Waals surface area contributed by atoms with E-state index in [4.69, 9.17) is 0 Å². The second-order valence-corrected chi connectivity index (χ2v) is 5.80. The monoisotopic (exact) mass is 318 g/mol. The Kier molecular flexibility index (Phi) is 6.68. The lowest BCUT2D eigenvalue weighted by Gasteiger charge is -2.19. The van der Waals surface area contributed by atoms with Crippen LogP contribution in [0.3, 0.4) is 0 Å². The summed E-state index contributed by atoms with van der Waals surface area (Å²) in [5, 5.41) is 18.5. The van der Waals surface area contributed by atoms with Crippen LogP contribution in [0.25, 0.3) is 0 Å². The van der Waals surface area contributed by atoms with Crippen molar-refractivity contribution in [3.63, 3.8) is 0 Å². The summed E-state index contributed by atoms with van der Waals surface area (Å²) >= 11 is 0. The fraction of sp³-hybridized carbons (Fsp3) is 0.500. The number of nitrogens with zero attached hydrogens (tertiary/aromatic N) is 4. The van der Waals surface area contributed by atoms with E-state index in [2.05, 4.69) is 27.1 Å². The molecule has 0 aromatic rings. The first kappa shape index (κ1) is 18.6. The summed E-state index contributed by atoms with van der Waals surface area (Å²) in [6, 6.07) is 0. The molecule has 7 heteroatoms. The Bertz CT molecular complexity index is 615. The largest absolute Gasteiger partial charge is 0.411 e. The van der Waals surface area contributed by atoms with Crippen LogP contribution in [0.15, 0.2) is 55.4 Å². The number of nitroso groups, excluding NO2 is 2. The molecular formula is C16H22N4O3. The molecule has 1 aliphatic rings. The summed E-state index contributed by atoms with van der Waals surface area (Å²) in [4.78, 5) is 25.1. The lowest BCUT2D eigenvalue weighted by Crippen LogP contribution is -2.19. The SMILES string of the molecule is C=C1C(C(=NO)[C@@H](C)C(C)C)=CC(CN=O)=C1C=N[C@@H](C)N=O. The smallest absolute Gasteiger partial charge is 0.178 e. The molecule has 0 bridgehead atoms. The molecule has 0 aliphatic heterocycles. The Hall–Kier alpha value is -2.44. The topological polar surface area (TPSA) is 104 Å². The van der Waals surface area contributed by atoms with E-state index in [0.29, 0.717) is 28.0 Å². The molecule has 1 aliphatic carbocycles. The van der Waals surface area contributed by atoms with E-state index in [1.165, 1.54) is 6.21 Å². The van der Waals surface area contributed by atoms with Crippen molar-refractivity contribution in [1.82, 2.24) is 0 Å². The third-order valence-electron chi connectivity index (χ3n) is 3.94. The van der Waals surface area contributed by atoms with Gasteiger partial charge in [-0.3, -0.25) is 4.99 Å². The van der Waals surface area contributed by atoms with Gasteiger partial charge in [0.25, 0.3) is 0 Å². The zero-order chi connectivity index (χ0) is 17.6. The fourth-order valence-electron chi connectivity index (χ4n) is 2.18. The summed E-state index contributed by atoms with van der Waals surface area (Å²) in [6.45, 7) is 11.5. The fourth-order valence-corrected chi connectivity index (χ4v) is 2.18. The van der Waals surface area contributed by atoms with E-state index in [9.17, 15) is 15.0 Å².